The van der Waals surface area contributed by atoms with Crippen LogP contribution in [0.5, 0.6) is 11.5 Å². The fourth-order valence-corrected chi connectivity index (χ4v) is 13.3. The van der Waals surface area contributed by atoms with Gasteiger partial charge in [0.2, 0.25) is 0 Å². The van der Waals surface area contributed by atoms with Crippen molar-refractivity contribution in [1.29, 1.82) is 0 Å². The van der Waals surface area contributed by atoms with Crippen molar-refractivity contribution < 1.29 is 14.3 Å². The van der Waals surface area contributed by atoms with Crippen LogP contribution in [0.3, 0.4) is 0 Å². The van der Waals surface area contributed by atoms with Crippen molar-refractivity contribution in [3.63, 3.8) is 0 Å². The predicted molar refractivity (Wildman–Crippen MR) is 415 cm³/mol. The summed E-state index contributed by atoms with van der Waals surface area (Å²) in [5, 5.41) is 0. The van der Waals surface area contributed by atoms with Gasteiger partial charge < -0.3 is 4.74 Å². The number of hydrogen-bond donors (Lipinski definition) is 0. The van der Waals surface area contributed by atoms with Crippen LogP contribution in [0.1, 0.15) is 89.0 Å². The maximum absolute atomic E-state index is 15.7. The number of carbonyl (C=O) groups is 2. The summed E-state index contributed by atoms with van der Waals surface area (Å²) in [7, 11) is 0. The second kappa shape index (κ2) is 31.9. The minimum atomic E-state index is -0.0470. The third kappa shape index (κ3) is 15.9. The number of allylic oxidation sites excluding steroid dienone is 8. The zero-order chi connectivity index (χ0) is 68.4. The van der Waals surface area contributed by atoms with Crippen LogP contribution in [0.25, 0.3) is 44.6 Å². The van der Waals surface area contributed by atoms with Gasteiger partial charge in [-0.3, -0.25) is 9.59 Å². The van der Waals surface area contributed by atoms with Gasteiger partial charge in [-0.15, -0.1) is 0 Å². The van der Waals surface area contributed by atoms with Crippen LogP contribution >= 0.6 is 0 Å². The summed E-state index contributed by atoms with van der Waals surface area (Å²) < 4.78 is 6.80. The van der Waals surface area contributed by atoms with E-state index in [2.05, 4.69) is 157 Å². The van der Waals surface area contributed by atoms with Gasteiger partial charge in [0.25, 0.3) is 0 Å². The van der Waals surface area contributed by atoms with Crippen LogP contribution in [0.4, 0.5) is 0 Å². The van der Waals surface area contributed by atoms with Crippen molar-refractivity contribution in [2.75, 3.05) is 0 Å². The average Bonchev–Trinajstić information content (AvgIpc) is 1.59. The molecule has 14 rings (SSSR count). The number of rotatable bonds is 18. The van der Waals surface area contributed by atoms with E-state index in [0.717, 1.165) is 89.1 Å². The molecule has 0 radical (unpaired) electrons. The van der Waals surface area contributed by atoms with Gasteiger partial charge in [-0.05, 0) is 113 Å². The summed E-state index contributed by atoms with van der Waals surface area (Å²) in [5.74, 6) is 28.8. The molecule has 3 heteroatoms. The molecule has 0 aliphatic heterocycles. The molecule has 3 nitrogen and oxygen atoms in total. The van der Waals surface area contributed by atoms with Crippen molar-refractivity contribution in [3.05, 3.63) is 417 Å². The minimum Gasteiger partial charge on any atom is -0.457 e. The third-order valence-corrected chi connectivity index (χ3v) is 18.1. The number of hydrogen-bond acceptors (Lipinski definition) is 3. The molecule has 0 aromatic heterocycles. The SMILES string of the molecule is O=C1C(c2ccccc2)=C(c2ccc(Oc3ccc(C4=C(c5ccccc5)C(=O)C(c5ccccc5)=C4c4cc(CC#CCc5ccccc5)cc(CC#CCc5ccccc5)c4)cc3)cc2)C(c2cc(CC#CCc3ccccc3)cc(CC#CCc3ccccc3)c2)=C1c1ccccc1. The van der Waals surface area contributed by atoms with Gasteiger partial charge in [0.1, 0.15) is 11.5 Å². The Bertz CT molecular complexity index is 4890. The zero-order valence-electron chi connectivity index (χ0n) is 56.1. The molecule has 0 saturated carbocycles. The molecule has 0 amide bonds. The first-order chi connectivity index (χ1) is 49.9. The van der Waals surface area contributed by atoms with E-state index in [-0.39, 0.29) is 11.6 Å². The second-order valence-electron chi connectivity index (χ2n) is 25.1. The van der Waals surface area contributed by atoms with Gasteiger partial charge in [-0.1, -0.05) is 351 Å². The maximum Gasteiger partial charge on any atom is 0.195 e. The molecule has 0 N–H and O–H groups in total. The molecule has 0 saturated heterocycles. The first kappa shape index (κ1) is 65.3. The van der Waals surface area contributed by atoms with Crippen molar-refractivity contribution in [2.45, 2.75) is 51.4 Å². The number of ketones is 2. The Hall–Kier alpha value is -13.0. The van der Waals surface area contributed by atoms with Gasteiger partial charge in [0.05, 0.1) is 0 Å². The van der Waals surface area contributed by atoms with Crippen LogP contribution < -0.4 is 4.74 Å². The highest BCUT2D eigenvalue weighted by molar-refractivity contribution is 6.60. The maximum atomic E-state index is 15.7. The third-order valence-electron chi connectivity index (χ3n) is 18.1. The van der Waals surface area contributed by atoms with Crippen molar-refractivity contribution in [1.82, 2.24) is 0 Å². The zero-order valence-corrected chi connectivity index (χ0v) is 56.1. The lowest BCUT2D eigenvalue weighted by atomic mass is 9.87. The number of Topliss-reactive ketones (excluding diaryl/α,β-unsaturated/α-hetero) is 2. The van der Waals surface area contributed by atoms with Gasteiger partial charge in [-0.2, -0.15) is 0 Å². The Morgan fingerprint density at radius 3 is 0.594 bits per heavy atom. The Kier molecular flexibility index (Phi) is 20.6. The molecule has 101 heavy (non-hydrogen) atoms. The molecule has 0 atom stereocenters. The molecule has 0 fully saturated rings. The summed E-state index contributed by atoms with van der Waals surface area (Å²) >= 11 is 0. The monoisotopic (exact) mass is 1290 g/mol. The van der Waals surface area contributed by atoms with Crippen molar-refractivity contribution >= 4 is 56.2 Å². The highest BCUT2D eigenvalue weighted by atomic mass is 16.5. The van der Waals surface area contributed by atoms with E-state index in [1.165, 1.54) is 22.3 Å². The topological polar surface area (TPSA) is 43.4 Å². The molecule has 0 heterocycles. The fraction of sp³-hybridized carbons (Fsp3) is 0.0816. The van der Waals surface area contributed by atoms with Crippen molar-refractivity contribution in [3.8, 4) is 58.9 Å². The predicted octanol–water partition coefficient (Wildman–Crippen LogP) is 20.8. The van der Waals surface area contributed by atoms with Crippen LogP contribution in [0.15, 0.2) is 328 Å². The van der Waals surface area contributed by atoms with Gasteiger partial charge in [0, 0.05) is 96.0 Å². The second-order valence-corrected chi connectivity index (χ2v) is 25.1. The highest BCUT2D eigenvalue weighted by Crippen LogP contribution is 2.52. The van der Waals surface area contributed by atoms with Crippen molar-refractivity contribution in [2.24, 2.45) is 0 Å². The summed E-state index contributed by atoms with van der Waals surface area (Å²) in [6, 6.07) is 111. The van der Waals surface area contributed by atoms with Gasteiger partial charge in [-0.25, -0.2) is 0 Å². The summed E-state index contributed by atoms with van der Waals surface area (Å²) in [4.78, 5) is 31.3. The molecule has 12 aromatic carbocycles. The standard InChI is InChI=1S/C98H70O3/c99-97-93(79-49-17-5-18-50-79)89(91(95(97)81-53-21-7-22-54-81)85-67-75(45-29-25-41-71-33-9-1-10-34-71)65-76(68-85)46-30-26-42-72-35-11-2-12-36-72)83-57-61-87(62-58-83)101-88-63-59-84(60-64-88)90-92(96(82-55-23-8-24-56-82)98(100)94(90)80-51-19-6-20-52-80)86-69-77(47-31-27-43-73-37-13-3-14-38-73)66-78(70-86)48-32-28-44-74-39-15-4-16-40-74/h1-24,33-40,49-70H,41-48H2. The largest absolute Gasteiger partial charge is 0.457 e. The summed E-state index contributed by atoms with van der Waals surface area (Å²) in [5.41, 5.74) is 21.7. The highest BCUT2D eigenvalue weighted by Gasteiger charge is 2.37. The van der Waals surface area contributed by atoms with Crippen LogP contribution in [-0.2, 0) is 61.0 Å². The fourth-order valence-electron chi connectivity index (χ4n) is 13.3. The molecule has 12 aromatic rings. The Balaban J connectivity index is 0.829. The first-order valence-corrected chi connectivity index (χ1v) is 34.4. The van der Waals surface area contributed by atoms with E-state index >= 15 is 9.59 Å². The molecular formula is C98H70O3. The Morgan fingerprint density at radius 1 is 0.178 bits per heavy atom. The number of ether oxygens (including phenoxy) is 1. The molecular weight excluding hydrogens is 1230 g/mol. The van der Waals surface area contributed by atoms with E-state index in [9.17, 15) is 0 Å². The average molecular weight is 1300 g/mol. The normalized spacial score (nSPS) is 12.4. The Morgan fingerprint density at radius 2 is 0.366 bits per heavy atom. The summed E-state index contributed by atoms with van der Waals surface area (Å²) in [6.07, 6.45) is 4.69. The summed E-state index contributed by atoms with van der Waals surface area (Å²) in [6.45, 7) is 0. The lowest BCUT2D eigenvalue weighted by Crippen LogP contribution is -2.02. The van der Waals surface area contributed by atoms with Crippen LogP contribution in [0.2, 0.25) is 0 Å². The molecule has 0 unspecified atom stereocenters. The quantitative estimate of drug-likeness (QED) is 0.0804. The molecule has 480 valence electrons. The van der Waals surface area contributed by atoms with Gasteiger partial charge in [0.15, 0.2) is 11.6 Å². The Labute approximate surface area is 593 Å². The van der Waals surface area contributed by atoms with Crippen LogP contribution in [-0.4, -0.2) is 11.6 Å². The molecule has 0 spiro atoms. The lowest BCUT2D eigenvalue weighted by molar-refractivity contribution is -0.109. The molecule has 0 bridgehead atoms. The van der Waals surface area contributed by atoms with E-state index < -0.39 is 0 Å². The first-order valence-electron chi connectivity index (χ1n) is 34.4. The number of benzene rings is 12. The van der Waals surface area contributed by atoms with E-state index in [1.54, 1.807) is 0 Å². The molecule has 2 aliphatic rings. The molecule has 2 aliphatic carbocycles. The van der Waals surface area contributed by atoms with Gasteiger partial charge >= 0.3 is 0 Å². The lowest BCUT2D eigenvalue weighted by Gasteiger charge is -2.17. The van der Waals surface area contributed by atoms with E-state index in [1.807, 2.05) is 218 Å². The van der Waals surface area contributed by atoms with Crippen LogP contribution in [0, 0.1) is 47.4 Å². The minimum absolute atomic E-state index is 0.0470. The van der Waals surface area contributed by atoms with E-state index in [4.69, 9.17) is 4.74 Å². The smallest absolute Gasteiger partial charge is 0.195 e. The number of carbonyl (C=O) groups excluding carboxylic acids is 2. The van der Waals surface area contributed by atoms with E-state index in [0.29, 0.717) is 85.2 Å².